The first-order valence-electron chi connectivity index (χ1n) is 7.22. The van der Waals surface area contributed by atoms with Gasteiger partial charge in [0.2, 0.25) is 5.91 Å². The van der Waals surface area contributed by atoms with Gasteiger partial charge >= 0.3 is 5.97 Å². The molecule has 1 aromatic heterocycles. The average molecular weight is 333 g/mol. The minimum atomic E-state index is -0.225. The van der Waals surface area contributed by atoms with Gasteiger partial charge in [-0.3, -0.25) is 9.59 Å². The third-order valence-electron chi connectivity index (χ3n) is 3.18. The van der Waals surface area contributed by atoms with Gasteiger partial charge in [-0.2, -0.15) is 0 Å². The average Bonchev–Trinajstić information content (AvgIpc) is 2.96. The molecular weight excluding hydrogens is 314 g/mol. The van der Waals surface area contributed by atoms with E-state index in [0.29, 0.717) is 30.1 Å². The molecule has 1 heterocycles. The molecule has 0 spiro atoms. The van der Waals surface area contributed by atoms with E-state index >= 15 is 0 Å². The predicted octanol–water partition coefficient (Wildman–Crippen LogP) is 2.40. The lowest BCUT2D eigenvalue weighted by molar-refractivity contribution is -0.140. The Morgan fingerprint density at radius 3 is 2.74 bits per heavy atom. The molecule has 0 saturated carbocycles. The number of hydrogen-bond acceptors (Lipinski definition) is 6. The van der Waals surface area contributed by atoms with E-state index in [9.17, 15) is 9.59 Å². The minimum absolute atomic E-state index is 0.120. The Balaban J connectivity index is 1.80. The van der Waals surface area contributed by atoms with Crippen LogP contribution >= 0.6 is 11.3 Å². The molecule has 3 N–H and O–H groups in total. The Kier molecular flexibility index (Phi) is 6.10. The van der Waals surface area contributed by atoms with Crippen molar-refractivity contribution < 1.29 is 14.3 Å². The Morgan fingerprint density at radius 2 is 2.04 bits per heavy atom. The number of carbonyl (C=O) groups is 2. The Bertz CT molecular complexity index is 667. The molecule has 0 unspecified atom stereocenters. The van der Waals surface area contributed by atoms with Crippen LogP contribution in [-0.2, 0) is 27.2 Å². The lowest BCUT2D eigenvalue weighted by Crippen LogP contribution is -2.14. The van der Waals surface area contributed by atoms with E-state index in [-0.39, 0.29) is 18.3 Å². The van der Waals surface area contributed by atoms with Crippen molar-refractivity contribution in [1.82, 2.24) is 4.98 Å². The number of esters is 1. The molecule has 1 amide bonds. The lowest BCUT2D eigenvalue weighted by atomic mass is 10.1. The number of nitrogens with zero attached hydrogens (tertiary/aromatic N) is 1. The summed E-state index contributed by atoms with van der Waals surface area (Å²) < 4.78 is 4.59. The number of anilines is 2. The van der Waals surface area contributed by atoms with Crippen LogP contribution in [0.3, 0.4) is 0 Å². The summed E-state index contributed by atoms with van der Waals surface area (Å²) in [6, 6.07) is 7.20. The highest BCUT2D eigenvalue weighted by molar-refractivity contribution is 7.13. The van der Waals surface area contributed by atoms with Gasteiger partial charge in [0.15, 0.2) is 5.13 Å². The second kappa shape index (κ2) is 8.28. The summed E-state index contributed by atoms with van der Waals surface area (Å²) in [4.78, 5) is 27.4. The molecule has 0 radical (unpaired) electrons. The zero-order valence-electron chi connectivity index (χ0n) is 12.9. The summed E-state index contributed by atoms with van der Waals surface area (Å²) in [5.74, 6) is -0.345. The molecule has 2 aromatic rings. The topological polar surface area (TPSA) is 94.3 Å². The molecule has 0 aliphatic heterocycles. The van der Waals surface area contributed by atoms with E-state index in [1.807, 2.05) is 17.5 Å². The monoisotopic (exact) mass is 333 g/mol. The number of hydrogen-bond donors (Lipinski definition) is 2. The van der Waals surface area contributed by atoms with Gasteiger partial charge in [-0.1, -0.05) is 12.1 Å². The van der Waals surface area contributed by atoms with Crippen molar-refractivity contribution in [2.45, 2.75) is 25.7 Å². The van der Waals surface area contributed by atoms with Crippen LogP contribution in [0, 0.1) is 0 Å². The van der Waals surface area contributed by atoms with Gasteiger partial charge in [-0.25, -0.2) is 4.98 Å². The molecule has 0 aliphatic carbocycles. The number of rotatable bonds is 7. The van der Waals surface area contributed by atoms with Crippen LogP contribution in [0.1, 0.15) is 24.1 Å². The van der Waals surface area contributed by atoms with Crippen LogP contribution < -0.4 is 11.1 Å². The number of nitrogens with one attached hydrogen (secondary N) is 1. The van der Waals surface area contributed by atoms with Crippen LogP contribution in [0.15, 0.2) is 29.6 Å². The minimum Gasteiger partial charge on any atom is -0.469 e. The highest BCUT2D eigenvalue weighted by Gasteiger charge is 2.08. The standard InChI is InChI=1S/C16H19N3O3S/c1-22-15(21)4-2-3-13-10-23-16(18-13)19-14(20)9-11-5-7-12(17)8-6-11/h5-8,10H,2-4,9,17H2,1H3,(H,18,19,20). The van der Waals surface area contributed by atoms with Crippen LogP contribution in [0.25, 0.3) is 0 Å². The van der Waals surface area contributed by atoms with Crippen molar-refractivity contribution >= 4 is 34.0 Å². The SMILES string of the molecule is COC(=O)CCCc1csc(NC(=O)Cc2ccc(N)cc2)n1. The number of nitrogens with two attached hydrogens (primary N) is 1. The third kappa shape index (κ3) is 5.71. The molecule has 122 valence electrons. The summed E-state index contributed by atoms with van der Waals surface area (Å²) in [6.07, 6.45) is 2.00. The normalized spacial score (nSPS) is 10.3. The maximum atomic E-state index is 12.0. The highest BCUT2D eigenvalue weighted by Crippen LogP contribution is 2.17. The molecular formula is C16H19N3O3S. The van der Waals surface area contributed by atoms with Gasteiger partial charge in [0.1, 0.15) is 0 Å². The number of thiazole rings is 1. The van der Waals surface area contributed by atoms with Crippen LogP contribution in [-0.4, -0.2) is 24.0 Å². The number of aromatic nitrogens is 1. The molecule has 23 heavy (non-hydrogen) atoms. The number of methoxy groups -OCH3 is 1. The molecule has 0 bridgehead atoms. The zero-order valence-corrected chi connectivity index (χ0v) is 13.7. The maximum Gasteiger partial charge on any atom is 0.305 e. The zero-order chi connectivity index (χ0) is 16.7. The molecule has 0 fully saturated rings. The first-order valence-corrected chi connectivity index (χ1v) is 8.10. The molecule has 7 heteroatoms. The predicted molar refractivity (Wildman–Crippen MR) is 90.3 cm³/mol. The molecule has 2 rings (SSSR count). The Morgan fingerprint density at radius 1 is 1.30 bits per heavy atom. The molecule has 0 saturated heterocycles. The van der Waals surface area contributed by atoms with E-state index in [2.05, 4.69) is 15.0 Å². The van der Waals surface area contributed by atoms with Crippen molar-refractivity contribution in [1.29, 1.82) is 0 Å². The van der Waals surface area contributed by atoms with Gasteiger partial charge in [-0.05, 0) is 30.5 Å². The second-order valence-corrected chi connectivity index (χ2v) is 5.90. The summed E-state index contributed by atoms with van der Waals surface area (Å²) in [5, 5.41) is 5.23. The number of nitrogen functional groups attached to an aromatic ring is 1. The van der Waals surface area contributed by atoms with E-state index in [0.717, 1.165) is 11.3 Å². The largest absolute Gasteiger partial charge is 0.469 e. The first kappa shape index (κ1) is 17.0. The van der Waals surface area contributed by atoms with Crippen molar-refractivity contribution in [3.05, 3.63) is 40.9 Å². The summed E-state index contributed by atoms with van der Waals surface area (Å²) in [6.45, 7) is 0. The van der Waals surface area contributed by atoms with Crippen molar-refractivity contribution in [2.75, 3.05) is 18.2 Å². The van der Waals surface area contributed by atoms with Gasteiger partial charge in [-0.15, -0.1) is 11.3 Å². The fraction of sp³-hybridized carbons (Fsp3) is 0.312. The third-order valence-corrected chi connectivity index (χ3v) is 3.99. The summed E-state index contributed by atoms with van der Waals surface area (Å²) in [7, 11) is 1.37. The van der Waals surface area contributed by atoms with E-state index in [1.54, 1.807) is 12.1 Å². The Labute approximate surface area is 138 Å². The molecule has 0 atom stereocenters. The molecule has 0 aliphatic rings. The number of carbonyl (C=O) groups excluding carboxylic acids is 2. The summed E-state index contributed by atoms with van der Waals surface area (Å²) >= 11 is 1.38. The Hall–Kier alpha value is -2.41. The number of amides is 1. The molecule has 6 nitrogen and oxygen atoms in total. The van der Waals surface area contributed by atoms with E-state index < -0.39 is 0 Å². The van der Waals surface area contributed by atoms with Gasteiger partial charge in [0, 0.05) is 17.5 Å². The lowest BCUT2D eigenvalue weighted by Gasteiger charge is -2.02. The first-order chi connectivity index (χ1) is 11.1. The number of ether oxygens (including phenoxy) is 1. The quantitative estimate of drug-likeness (QED) is 0.599. The highest BCUT2D eigenvalue weighted by atomic mass is 32.1. The van der Waals surface area contributed by atoms with E-state index in [1.165, 1.54) is 18.4 Å². The van der Waals surface area contributed by atoms with Gasteiger partial charge in [0.25, 0.3) is 0 Å². The van der Waals surface area contributed by atoms with Gasteiger partial charge < -0.3 is 15.8 Å². The van der Waals surface area contributed by atoms with E-state index in [4.69, 9.17) is 5.73 Å². The van der Waals surface area contributed by atoms with Crippen molar-refractivity contribution in [2.24, 2.45) is 0 Å². The van der Waals surface area contributed by atoms with Crippen molar-refractivity contribution in [3.63, 3.8) is 0 Å². The molecule has 1 aromatic carbocycles. The maximum absolute atomic E-state index is 12.0. The fourth-order valence-electron chi connectivity index (χ4n) is 1.98. The number of aryl methyl sites for hydroxylation is 1. The van der Waals surface area contributed by atoms with Crippen LogP contribution in [0.2, 0.25) is 0 Å². The fourth-order valence-corrected chi connectivity index (χ4v) is 2.74. The van der Waals surface area contributed by atoms with Gasteiger partial charge in [0.05, 0.1) is 19.2 Å². The smallest absolute Gasteiger partial charge is 0.305 e. The van der Waals surface area contributed by atoms with Crippen molar-refractivity contribution in [3.8, 4) is 0 Å². The van der Waals surface area contributed by atoms with Crippen LogP contribution in [0.4, 0.5) is 10.8 Å². The summed E-state index contributed by atoms with van der Waals surface area (Å²) in [5.41, 5.74) is 8.04. The number of benzene rings is 1. The van der Waals surface area contributed by atoms with Crippen LogP contribution in [0.5, 0.6) is 0 Å². The second-order valence-electron chi connectivity index (χ2n) is 5.04.